The molecule has 4 nitrogen and oxygen atoms in total. The molecule has 0 bridgehead atoms. The molecule has 23 heavy (non-hydrogen) atoms. The minimum atomic E-state index is 0.604. The fourth-order valence-electron chi connectivity index (χ4n) is 3.58. The van der Waals surface area contributed by atoms with E-state index in [1.807, 2.05) is 6.20 Å². The lowest BCUT2D eigenvalue weighted by molar-refractivity contribution is 0.496. The normalized spacial score (nSPS) is 16.1. The summed E-state index contributed by atoms with van der Waals surface area (Å²) in [5.41, 5.74) is 4.90. The largest absolute Gasteiger partial charge is 0.371 e. The van der Waals surface area contributed by atoms with Crippen LogP contribution in [0.3, 0.4) is 0 Å². The molecule has 0 spiro atoms. The van der Waals surface area contributed by atoms with Crippen molar-refractivity contribution in [2.24, 2.45) is 0 Å². The van der Waals surface area contributed by atoms with Gasteiger partial charge in [-0.1, -0.05) is 25.1 Å². The van der Waals surface area contributed by atoms with Gasteiger partial charge in [0.25, 0.3) is 0 Å². The van der Waals surface area contributed by atoms with Gasteiger partial charge in [0.2, 0.25) is 0 Å². The van der Waals surface area contributed by atoms with E-state index in [-0.39, 0.29) is 0 Å². The Morgan fingerprint density at radius 3 is 2.74 bits per heavy atom. The maximum atomic E-state index is 4.76. The molecule has 0 radical (unpaired) electrons. The minimum absolute atomic E-state index is 0.604. The number of anilines is 1. The van der Waals surface area contributed by atoms with Crippen molar-refractivity contribution in [1.29, 1.82) is 0 Å². The van der Waals surface area contributed by atoms with E-state index in [2.05, 4.69) is 58.4 Å². The number of rotatable bonds is 3. The number of fused-ring (bicyclic) bond motifs is 1. The van der Waals surface area contributed by atoms with E-state index < -0.39 is 0 Å². The molecule has 1 N–H and O–H groups in total. The number of para-hydroxylation sites is 1. The van der Waals surface area contributed by atoms with E-state index in [4.69, 9.17) is 4.98 Å². The monoisotopic (exact) mass is 306 g/mol. The van der Waals surface area contributed by atoms with Gasteiger partial charge in [-0.15, -0.1) is 0 Å². The second-order valence-corrected chi connectivity index (χ2v) is 6.28. The molecule has 1 fully saturated rings. The first-order valence-electron chi connectivity index (χ1n) is 8.48. The van der Waals surface area contributed by atoms with Gasteiger partial charge >= 0.3 is 0 Å². The number of aromatic nitrogens is 3. The summed E-state index contributed by atoms with van der Waals surface area (Å²) in [4.78, 5) is 7.29. The van der Waals surface area contributed by atoms with Crippen LogP contribution in [0.25, 0.3) is 10.9 Å². The zero-order valence-corrected chi connectivity index (χ0v) is 13.5. The van der Waals surface area contributed by atoms with Crippen molar-refractivity contribution in [1.82, 2.24) is 15.2 Å². The number of nitrogens with zero attached hydrogens (tertiary/aromatic N) is 3. The topological polar surface area (TPSA) is 44.8 Å². The summed E-state index contributed by atoms with van der Waals surface area (Å²) in [5, 5.41) is 8.49. The number of hydrogen-bond acceptors (Lipinski definition) is 3. The molecule has 3 aromatic rings. The van der Waals surface area contributed by atoms with Gasteiger partial charge < -0.3 is 4.90 Å². The zero-order valence-electron chi connectivity index (χ0n) is 13.5. The van der Waals surface area contributed by atoms with E-state index in [0.29, 0.717) is 5.92 Å². The third-order valence-electron chi connectivity index (χ3n) is 4.91. The first-order chi connectivity index (χ1) is 11.3. The van der Waals surface area contributed by atoms with Gasteiger partial charge in [-0.2, -0.15) is 5.10 Å². The van der Waals surface area contributed by atoms with Crippen LogP contribution in [0.15, 0.2) is 42.6 Å². The minimum Gasteiger partial charge on any atom is -0.371 e. The Morgan fingerprint density at radius 1 is 1.17 bits per heavy atom. The maximum absolute atomic E-state index is 4.76. The quantitative estimate of drug-likeness (QED) is 0.798. The summed E-state index contributed by atoms with van der Waals surface area (Å²) in [6.45, 7) is 4.34. The van der Waals surface area contributed by atoms with Crippen molar-refractivity contribution < 1.29 is 0 Å². The van der Waals surface area contributed by atoms with E-state index >= 15 is 0 Å². The lowest BCUT2D eigenvalue weighted by atomic mass is 9.93. The maximum Gasteiger partial charge on any atom is 0.0726 e. The van der Waals surface area contributed by atoms with Gasteiger partial charge in [-0.25, -0.2) is 0 Å². The first kappa shape index (κ1) is 14.2. The highest BCUT2D eigenvalue weighted by atomic mass is 15.1. The van der Waals surface area contributed by atoms with Crippen LogP contribution < -0.4 is 4.90 Å². The van der Waals surface area contributed by atoms with E-state index in [1.54, 1.807) is 0 Å². The van der Waals surface area contributed by atoms with Gasteiger partial charge in [-0.3, -0.25) is 10.1 Å². The van der Waals surface area contributed by atoms with Crippen molar-refractivity contribution in [2.75, 3.05) is 18.0 Å². The molecule has 4 rings (SSSR count). The molecule has 0 saturated carbocycles. The van der Waals surface area contributed by atoms with Crippen LogP contribution in [0.4, 0.5) is 5.69 Å². The summed E-state index contributed by atoms with van der Waals surface area (Å²) in [5.74, 6) is 0.604. The van der Waals surface area contributed by atoms with Crippen molar-refractivity contribution in [3.05, 3.63) is 54.0 Å². The van der Waals surface area contributed by atoms with Crippen LogP contribution in [-0.2, 0) is 6.42 Å². The SMILES string of the molecule is CCc1cc(N2CCC(c3ccn[nH]3)CC2)c2ccccc2n1. The van der Waals surface area contributed by atoms with Gasteiger partial charge in [-0.05, 0) is 37.5 Å². The lowest BCUT2D eigenvalue weighted by Crippen LogP contribution is -2.33. The molecule has 118 valence electrons. The molecule has 1 aromatic carbocycles. The fourth-order valence-corrected chi connectivity index (χ4v) is 3.58. The van der Waals surface area contributed by atoms with Crippen LogP contribution in [0.1, 0.15) is 37.1 Å². The van der Waals surface area contributed by atoms with Crippen molar-refractivity contribution in [2.45, 2.75) is 32.1 Å². The molecule has 0 atom stereocenters. The number of aromatic amines is 1. The number of hydrogen-bond donors (Lipinski definition) is 1. The molecule has 4 heteroatoms. The van der Waals surface area contributed by atoms with Crippen LogP contribution in [0.2, 0.25) is 0 Å². The number of benzene rings is 1. The number of nitrogens with one attached hydrogen (secondary N) is 1. The van der Waals surface area contributed by atoms with Crippen LogP contribution in [0.5, 0.6) is 0 Å². The third kappa shape index (κ3) is 2.69. The number of piperidine rings is 1. The van der Waals surface area contributed by atoms with E-state index in [0.717, 1.165) is 25.0 Å². The highest BCUT2D eigenvalue weighted by Gasteiger charge is 2.23. The van der Waals surface area contributed by atoms with Crippen molar-refractivity contribution in [3.63, 3.8) is 0 Å². The molecule has 0 amide bonds. The van der Waals surface area contributed by atoms with Gasteiger partial charge in [0.05, 0.1) is 5.52 Å². The Hall–Kier alpha value is -2.36. The lowest BCUT2D eigenvalue weighted by Gasteiger charge is -2.34. The average Bonchev–Trinajstić information content (AvgIpc) is 3.15. The second kappa shape index (κ2) is 6.03. The Labute approximate surface area is 136 Å². The Kier molecular flexibility index (Phi) is 3.74. The predicted molar refractivity (Wildman–Crippen MR) is 93.9 cm³/mol. The summed E-state index contributed by atoms with van der Waals surface area (Å²) >= 11 is 0. The standard InChI is InChI=1S/C19H22N4/c1-2-15-13-19(16-5-3-4-6-18(16)21-15)23-11-8-14(9-12-23)17-7-10-20-22-17/h3-7,10,13-14H,2,8-9,11-12H2,1H3,(H,20,22). The van der Waals surface area contributed by atoms with Crippen LogP contribution in [0, 0.1) is 0 Å². The van der Waals surface area contributed by atoms with Crippen molar-refractivity contribution >= 4 is 16.6 Å². The molecule has 1 aliphatic rings. The first-order valence-corrected chi connectivity index (χ1v) is 8.48. The molecular weight excluding hydrogens is 284 g/mol. The highest BCUT2D eigenvalue weighted by molar-refractivity contribution is 5.92. The van der Waals surface area contributed by atoms with Gasteiger partial charge in [0, 0.05) is 47.7 Å². The molecule has 0 aliphatic carbocycles. The smallest absolute Gasteiger partial charge is 0.0726 e. The Bertz CT molecular complexity index is 786. The molecule has 0 unspecified atom stereocenters. The third-order valence-corrected chi connectivity index (χ3v) is 4.91. The van der Waals surface area contributed by atoms with Gasteiger partial charge in [0.15, 0.2) is 0 Å². The molecular formula is C19H22N4. The Morgan fingerprint density at radius 2 is 2.00 bits per heavy atom. The Balaban J connectivity index is 1.62. The molecule has 1 aliphatic heterocycles. The number of aryl methyl sites for hydroxylation is 1. The zero-order chi connectivity index (χ0) is 15.6. The fraction of sp³-hybridized carbons (Fsp3) is 0.368. The van der Waals surface area contributed by atoms with E-state index in [1.165, 1.54) is 35.3 Å². The van der Waals surface area contributed by atoms with Gasteiger partial charge in [0.1, 0.15) is 0 Å². The second-order valence-electron chi connectivity index (χ2n) is 6.28. The van der Waals surface area contributed by atoms with Crippen molar-refractivity contribution in [3.8, 4) is 0 Å². The van der Waals surface area contributed by atoms with Crippen LogP contribution in [-0.4, -0.2) is 28.3 Å². The number of pyridine rings is 1. The summed E-state index contributed by atoms with van der Waals surface area (Å²) in [7, 11) is 0. The van der Waals surface area contributed by atoms with Crippen LogP contribution >= 0.6 is 0 Å². The predicted octanol–water partition coefficient (Wildman–Crippen LogP) is 3.90. The molecule has 2 aromatic heterocycles. The van der Waals surface area contributed by atoms with E-state index in [9.17, 15) is 0 Å². The summed E-state index contributed by atoms with van der Waals surface area (Å²) < 4.78 is 0. The molecule has 1 saturated heterocycles. The summed E-state index contributed by atoms with van der Waals surface area (Å²) in [6.07, 6.45) is 5.16. The average molecular weight is 306 g/mol. The summed E-state index contributed by atoms with van der Waals surface area (Å²) in [6, 6.07) is 12.9. The number of H-pyrrole nitrogens is 1. The highest BCUT2D eigenvalue weighted by Crippen LogP contribution is 2.33. The molecule has 3 heterocycles.